The molecular weight excluding hydrogens is 837 g/mol. The van der Waals surface area contributed by atoms with E-state index in [-0.39, 0.29) is 0 Å². The van der Waals surface area contributed by atoms with Crippen molar-refractivity contribution in [2.75, 3.05) is 0 Å². The Balaban J connectivity index is 1.39. The van der Waals surface area contributed by atoms with Gasteiger partial charge < -0.3 is 18.3 Å². The lowest BCUT2D eigenvalue weighted by atomic mass is 9.92. The zero-order valence-electron chi connectivity index (χ0n) is 36.8. The first-order valence-electron chi connectivity index (χ1n) is 22.5. The van der Waals surface area contributed by atoms with Crippen LogP contribution in [0.5, 0.6) is 0 Å². The van der Waals surface area contributed by atoms with E-state index in [2.05, 4.69) is 168 Å². The molecule has 0 aliphatic carbocycles. The minimum Gasteiger partial charge on any atom is -0.306 e. The van der Waals surface area contributed by atoms with Crippen LogP contribution in [0.25, 0.3) is 121 Å². The van der Waals surface area contributed by atoms with Crippen molar-refractivity contribution in [3.8, 4) is 39.9 Å². The Labute approximate surface area is 387 Å². The van der Waals surface area contributed by atoms with E-state index in [1.807, 2.05) is 63.4 Å². The van der Waals surface area contributed by atoms with E-state index in [9.17, 15) is 5.26 Å². The highest BCUT2D eigenvalue weighted by Gasteiger charge is 2.35. The predicted octanol–water partition coefficient (Wildman–Crippen LogP) is 13.2. The van der Waals surface area contributed by atoms with Crippen molar-refractivity contribution < 1.29 is 0 Å². The fourth-order valence-corrected chi connectivity index (χ4v) is 11.2. The molecule has 14 aromatic rings. The number of para-hydroxylation sites is 4. The molecule has 0 radical (unpaired) electrons. The second kappa shape index (κ2) is 14.3. The van der Waals surface area contributed by atoms with E-state index in [0.29, 0.717) is 11.3 Å². The van der Waals surface area contributed by atoms with E-state index in [1.165, 1.54) is 0 Å². The lowest BCUT2D eigenvalue weighted by Gasteiger charge is -2.29. The molecule has 14 rings (SSSR count). The van der Waals surface area contributed by atoms with Gasteiger partial charge in [0.2, 0.25) is 0 Å². The van der Waals surface area contributed by atoms with Crippen LogP contribution < -0.4 is 0 Å². The minimum absolute atomic E-state index is 0.491. The summed E-state index contributed by atoms with van der Waals surface area (Å²) < 4.78 is 9.44. The predicted molar refractivity (Wildman–Crippen MR) is 272 cm³/mol. The van der Waals surface area contributed by atoms with E-state index in [1.54, 1.807) is 0 Å². The molecule has 9 aromatic heterocycles. The molecule has 0 aliphatic heterocycles. The molecule has 9 heterocycles. The molecule has 0 amide bonds. The quantitative estimate of drug-likeness (QED) is 0.170. The summed E-state index contributed by atoms with van der Waals surface area (Å²) in [7, 11) is 0. The molecule has 0 fully saturated rings. The minimum atomic E-state index is 0.491. The number of nitriles is 1. The molecule has 5 aromatic carbocycles. The summed E-state index contributed by atoms with van der Waals surface area (Å²) in [6.45, 7) is 4.05. The third-order valence-corrected chi connectivity index (χ3v) is 13.7. The molecule has 10 heteroatoms. The van der Waals surface area contributed by atoms with Crippen LogP contribution in [0.2, 0.25) is 0 Å². The molecule has 0 atom stereocenters. The van der Waals surface area contributed by atoms with E-state index < -0.39 is 0 Å². The second-order valence-corrected chi connectivity index (χ2v) is 17.4. The van der Waals surface area contributed by atoms with Crippen LogP contribution >= 0.6 is 0 Å². The summed E-state index contributed by atoms with van der Waals surface area (Å²) >= 11 is 0. The number of hydrogen-bond acceptors (Lipinski definition) is 6. The first-order valence-corrected chi connectivity index (χ1v) is 22.5. The van der Waals surface area contributed by atoms with Gasteiger partial charge in [-0.15, -0.1) is 0 Å². The summed E-state index contributed by atoms with van der Waals surface area (Å²) in [6, 6.07) is 49.5. The Morgan fingerprint density at radius 3 is 1.04 bits per heavy atom. The highest BCUT2D eigenvalue weighted by molar-refractivity contribution is 6.16. The van der Waals surface area contributed by atoms with Crippen LogP contribution in [0, 0.1) is 25.2 Å². The van der Waals surface area contributed by atoms with Crippen LogP contribution in [0.3, 0.4) is 0 Å². The summed E-state index contributed by atoms with van der Waals surface area (Å²) in [5.41, 5.74) is 14.6. The second-order valence-electron chi connectivity index (χ2n) is 17.4. The van der Waals surface area contributed by atoms with Crippen LogP contribution in [-0.4, -0.2) is 43.2 Å². The van der Waals surface area contributed by atoms with Gasteiger partial charge in [-0.05, 0) is 80.1 Å². The van der Waals surface area contributed by atoms with Gasteiger partial charge in [0.05, 0.1) is 72.4 Å². The third-order valence-electron chi connectivity index (χ3n) is 13.7. The molecule has 0 N–H and O–H groups in total. The smallest absolute Gasteiger partial charge is 0.102 e. The van der Waals surface area contributed by atoms with Gasteiger partial charge in [0.25, 0.3) is 0 Å². The zero-order chi connectivity index (χ0) is 45.2. The van der Waals surface area contributed by atoms with Crippen LogP contribution in [-0.2, 0) is 0 Å². The number of fused-ring (bicyclic) bond motifs is 12. The molecule has 68 heavy (non-hydrogen) atoms. The van der Waals surface area contributed by atoms with Gasteiger partial charge in [-0.3, -0.25) is 24.9 Å². The number of benzene rings is 5. The first kappa shape index (κ1) is 37.9. The lowest BCUT2D eigenvalue weighted by molar-refractivity contribution is 1.02. The maximum Gasteiger partial charge on any atom is 0.102 e. The van der Waals surface area contributed by atoms with Crippen molar-refractivity contribution in [1.82, 2.24) is 43.2 Å². The lowest BCUT2D eigenvalue weighted by Crippen LogP contribution is -2.17. The van der Waals surface area contributed by atoms with E-state index >= 15 is 0 Å². The van der Waals surface area contributed by atoms with Gasteiger partial charge in [-0.1, -0.05) is 72.8 Å². The summed E-state index contributed by atoms with van der Waals surface area (Å²) in [5, 5.41) is 20.6. The average molecular weight is 873 g/mol. The summed E-state index contributed by atoms with van der Waals surface area (Å²) in [4.78, 5) is 23.7. The third kappa shape index (κ3) is 5.12. The van der Waals surface area contributed by atoms with Crippen molar-refractivity contribution >= 4 is 87.2 Å². The standard InChI is InChI=1S/C58H36N10/c1-34-27-36(28-35(2)64-34)54-41(29-59)55(65-46-15-7-3-11-37(46)42-30-60-23-19-50(42)65)57(67-48-17-9-5-13-39(48)44-32-62-25-21-52(44)67)58(68-49-18-10-6-14-40(49)45-33-63-26-22-53(45)68)56(54)66-47-16-8-4-12-38(47)43-31-61-24-20-51(43)66/h3-28,30-33H,1-2H3. The maximum atomic E-state index is 12.5. The van der Waals surface area contributed by atoms with Gasteiger partial charge in [-0.25, -0.2) is 0 Å². The Morgan fingerprint density at radius 1 is 0.368 bits per heavy atom. The molecule has 0 saturated carbocycles. The fourth-order valence-electron chi connectivity index (χ4n) is 11.2. The molecule has 0 aliphatic rings. The monoisotopic (exact) mass is 872 g/mol. The number of aryl methyl sites for hydroxylation is 2. The van der Waals surface area contributed by atoms with Gasteiger partial charge in [0.1, 0.15) is 6.07 Å². The van der Waals surface area contributed by atoms with Crippen LogP contribution in [0.1, 0.15) is 17.0 Å². The summed E-state index contributed by atoms with van der Waals surface area (Å²) in [5.74, 6) is 0. The number of aromatic nitrogens is 9. The Kier molecular flexibility index (Phi) is 7.95. The molecule has 0 unspecified atom stereocenters. The Bertz CT molecular complexity index is 4270. The Hall–Kier alpha value is -9.46. The molecule has 0 spiro atoms. The molecule has 0 saturated heterocycles. The van der Waals surface area contributed by atoms with E-state index in [4.69, 9.17) is 15.0 Å². The summed E-state index contributed by atoms with van der Waals surface area (Å²) in [6.07, 6.45) is 15.2. The van der Waals surface area contributed by atoms with Gasteiger partial charge >= 0.3 is 0 Å². The van der Waals surface area contributed by atoms with Crippen molar-refractivity contribution in [3.05, 3.63) is 200 Å². The molecule has 0 bridgehead atoms. The molecule has 318 valence electrons. The van der Waals surface area contributed by atoms with Crippen LogP contribution in [0.15, 0.2) is 183 Å². The largest absolute Gasteiger partial charge is 0.306 e. The number of pyridine rings is 5. The SMILES string of the molecule is Cc1cc(-c2c(C#N)c(-n3c4ccccc4c4cnccc43)c(-n3c4ccccc4c4cnccc43)c(-n3c4ccccc4c4cnccc43)c2-n2c3ccccc3c3cnccc32)cc(C)n1. The fraction of sp³-hybridized carbons (Fsp3) is 0.0345. The van der Waals surface area contributed by atoms with Gasteiger partial charge in [0.15, 0.2) is 0 Å². The van der Waals surface area contributed by atoms with Crippen molar-refractivity contribution in [1.29, 1.82) is 5.26 Å². The normalized spacial score (nSPS) is 12.0. The van der Waals surface area contributed by atoms with Gasteiger partial charge in [-0.2, -0.15) is 5.26 Å². The number of nitrogens with zero attached hydrogens (tertiary/aromatic N) is 10. The molecular formula is C58H36N10. The topological polar surface area (TPSA) is 108 Å². The van der Waals surface area contributed by atoms with Gasteiger partial charge in [0, 0.05) is 110 Å². The maximum absolute atomic E-state index is 12.5. The molecule has 10 nitrogen and oxygen atoms in total. The van der Waals surface area contributed by atoms with Crippen molar-refractivity contribution in [3.63, 3.8) is 0 Å². The average Bonchev–Trinajstić information content (AvgIpc) is 4.10. The van der Waals surface area contributed by atoms with E-state index in [0.717, 1.165) is 127 Å². The Morgan fingerprint density at radius 2 is 0.676 bits per heavy atom. The highest BCUT2D eigenvalue weighted by atomic mass is 15.1. The highest BCUT2D eigenvalue weighted by Crippen LogP contribution is 2.51. The number of hydrogen-bond donors (Lipinski definition) is 0. The van der Waals surface area contributed by atoms with Crippen LogP contribution in [0.4, 0.5) is 0 Å². The zero-order valence-corrected chi connectivity index (χ0v) is 36.8. The van der Waals surface area contributed by atoms with Crippen molar-refractivity contribution in [2.45, 2.75) is 13.8 Å². The number of rotatable bonds is 5. The van der Waals surface area contributed by atoms with Crippen molar-refractivity contribution in [2.24, 2.45) is 0 Å². The first-order chi connectivity index (χ1) is 33.6.